The van der Waals surface area contributed by atoms with E-state index in [0.29, 0.717) is 10.6 Å². The molecule has 2 atom stereocenters. The maximum absolute atomic E-state index is 13.5. The monoisotopic (exact) mass is 231 g/mol. The molecule has 4 heteroatoms. The Hall–Kier alpha value is -0.250. The number of nitrogens with two attached hydrogens (primary N) is 1. The van der Waals surface area contributed by atoms with E-state index in [1.54, 1.807) is 17.8 Å². The molecule has 0 saturated heterocycles. The first kappa shape index (κ1) is 10.3. The van der Waals surface area contributed by atoms with Gasteiger partial charge in [-0.25, -0.2) is 4.39 Å². The van der Waals surface area contributed by atoms with Crippen LogP contribution in [0.5, 0.6) is 0 Å². The highest BCUT2D eigenvalue weighted by Gasteiger charge is 2.28. The van der Waals surface area contributed by atoms with E-state index < -0.39 is 0 Å². The smallest absolute Gasteiger partial charge is 0.128 e. The molecule has 1 aromatic rings. The van der Waals surface area contributed by atoms with Gasteiger partial charge >= 0.3 is 0 Å². The van der Waals surface area contributed by atoms with Crippen LogP contribution in [-0.2, 0) is 5.75 Å². The standard InChI is InChI=1S/C10H11ClFNS/c1-5-10(13)9-6(4-14-5)7(11)2-3-8(9)12/h2-3,5,10H,4,13H2,1H3. The zero-order chi connectivity index (χ0) is 10.3. The second kappa shape index (κ2) is 3.72. The second-order valence-corrected chi connectivity index (χ2v) is 5.24. The molecular formula is C10H11ClFNS. The normalized spacial score (nSPS) is 26.0. The molecule has 1 aliphatic heterocycles. The van der Waals surface area contributed by atoms with Crippen LogP contribution in [-0.4, -0.2) is 5.25 Å². The molecule has 0 aliphatic carbocycles. The highest BCUT2D eigenvalue weighted by Crippen LogP contribution is 2.40. The van der Waals surface area contributed by atoms with Gasteiger partial charge in [-0.15, -0.1) is 0 Å². The van der Waals surface area contributed by atoms with Gasteiger partial charge in [0.15, 0.2) is 0 Å². The number of benzene rings is 1. The maximum Gasteiger partial charge on any atom is 0.128 e. The summed E-state index contributed by atoms with van der Waals surface area (Å²) in [4.78, 5) is 0. The summed E-state index contributed by atoms with van der Waals surface area (Å²) in [6.07, 6.45) is 0. The SMILES string of the molecule is CC1SCc2c(Cl)ccc(F)c2C1N. The summed E-state index contributed by atoms with van der Waals surface area (Å²) < 4.78 is 13.5. The van der Waals surface area contributed by atoms with E-state index >= 15 is 0 Å². The molecule has 1 heterocycles. The van der Waals surface area contributed by atoms with Crippen LogP contribution in [0.25, 0.3) is 0 Å². The van der Waals surface area contributed by atoms with Crippen molar-refractivity contribution in [2.45, 2.75) is 24.0 Å². The zero-order valence-corrected chi connectivity index (χ0v) is 9.33. The zero-order valence-electron chi connectivity index (χ0n) is 7.76. The molecule has 0 radical (unpaired) electrons. The number of hydrogen-bond donors (Lipinski definition) is 1. The molecule has 0 aromatic heterocycles. The van der Waals surface area contributed by atoms with Gasteiger partial charge in [-0.2, -0.15) is 11.8 Å². The minimum absolute atomic E-state index is 0.232. The van der Waals surface area contributed by atoms with Crippen molar-refractivity contribution < 1.29 is 4.39 Å². The quantitative estimate of drug-likeness (QED) is 0.743. The molecule has 1 nitrogen and oxygen atoms in total. The molecule has 0 saturated carbocycles. The minimum atomic E-state index is -0.248. The van der Waals surface area contributed by atoms with Gasteiger partial charge in [-0.1, -0.05) is 18.5 Å². The summed E-state index contributed by atoms with van der Waals surface area (Å²) in [6, 6.07) is 2.74. The maximum atomic E-state index is 13.5. The molecular weight excluding hydrogens is 221 g/mol. The molecule has 2 N–H and O–H groups in total. The van der Waals surface area contributed by atoms with Crippen molar-refractivity contribution in [3.63, 3.8) is 0 Å². The summed E-state index contributed by atoms with van der Waals surface area (Å²) in [5.41, 5.74) is 7.40. The van der Waals surface area contributed by atoms with E-state index in [2.05, 4.69) is 0 Å². The number of rotatable bonds is 0. The summed E-state index contributed by atoms with van der Waals surface area (Å²) >= 11 is 7.71. The van der Waals surface area contributed by atoms with Gasteiger partial charge in [0.2, 0.25) is 0 Å². The van der Waals surface area contributed by atoms with Crippen molar-refractivity contribution in [2.75, 3.05) is 0 Å². The largest absolute Gasteiger partial charge is 0.323 e. The molecule has 14 heavy (non-hydrogen) atoms. The molecule has 0 spiro atoms. The third-order valence-electron chi connectivity index (χ3n) is 2.58. The Balaban J connectivity index is 2.58. The second-order valence-electron chi connectivity index (χ2n) is 3.46. The lowest BCUT2D eigenvalue weighted by atomic mass is 9.98. The molecule has 2 unspecified atom stereocenters. The predicted molar refractivity (Wildman–Crippen MR) is 59.1 cm³/mol. The Morgan fingerprint density at radius 3 is 3.00 bits per heavy atom. The van der Waals surface area contributed by atoms with E-state index in [1.807, 2.05) is 6.92 Å². The summed E-state index contributed by atoms with van der Waals surface area (Å²) in [5.74, 6) is 0.518. The van der Waals surface area contributed by atoms with Crippen molar-refractivity contribution in [3.8, 4) is 0 Å². The van der Waals surface area contributed by atoms with E-state index in [4.69, 9.17) is 17.3 Å². The van der Waals surface area contributed by atoms with Crippen LogP contribution < -0.4 is 5.73 Å². The van der Waals surface area contributed by atoms with Crippen molar-refractivity contribution in [3.05, 3.63) is 34.1 Å². The van der Waals surface area contributed by atoms with Crippen molar-refractivity contribution >= 4 is 23.4 Å². The highest BCUT2D eigenvalue weighted by atomic mass is 35.5. The average Bonchev–Trinajstić information content (AvgIpc) is 2.16. The summed E-state index contributed by atoms with van der Waals surface area (Å²) in [5, 5.41) is 0.867. The summed E-state index contributed by atoms with van der Waals surface area (Å²) in [6.45, 7) is 2.01. The van der Waals surface area contributed by atoms with Crippen LogP contribution in [0.3, 0.4) is 0 Å². The lowest BCUT2D eigenvalue weighted by molar-refractivity contribution is 0.572. The van der Waals surface area contributed by atoms with E-state index in [1.165, 1.54) is 6.07 Å². The minimum Gasteiger partial charge on any atom is -0.323 e. The third kappa shape index (κ3) is 1.53. The van der Waals surface area contributed by atoms with Gasteiger partial charge in [0.05, 0.1) is 0 Å². The van der Waals surface area contributed by atoms with Crippen LogP contribution in [0.15, 0.2) is 12.1 Å². The first-order valence-electron chi connectivity index (χ1n) is 4.45. The van der Waals surface area contributed by atoms with Crippen LogP contribution in [0, 0.1) is 5.82 Å². The van der Waals surface area contributed by atoms with E-state index in [-0.39, 0.29) is 17.1 Å². The van der Waals surface area contributed by atoms with Gasteiger partial charge in [-0.05, 0) is 17.7 Å². The van der Waals surface area contributed by atoms with E-state index in [0.717, 1.165) is 11.3 Å². The molecule has 0 bridgehead atoms. The number of halogens is 2. The Morgan fingerprint density at radius 1 is 1.57 bits per heavy atom. The Bertz CT molecular complexity index is 369. The molecule has 1 aromatic carbocycles. The molecule has 0 fully saturated rings. The average molecular weight is 232 g/mol. The van der Waals surface area contributed by atoms with Crippen LogP contribution >= 0.6 is 23.4 Å². The molecule has 1 aliphatic rings. The highest BCUT2D eigenvalue weighted by molar-refractivity contribution is 7.99. The van der Waals surface area contributed by atoms with Crippen molar-refractivity contribution in [1.29, 1.82) is 0 Å². The van der Waals surface area contributed by atoms with Crippen LogP contribution in [0.4, 0.5) is 4.39 Å². The fourth-order valence-corrected chi connectivity index (χ4v) is 3.06. The van der Waals surface area contributed by atoms with Gasteiger partial charge in [0.25, 0.3) is 0 Å². The first-order chi connectivity index (χ1) is 6.61. The van der Waals surface area contributed by atoms with Crippen molar-refractivity contribution in [1.82, 2.24) is 0 Å². The van der Waals surface area contributed by atoms with Gasteiger partial charge in [0, 0.05) is 27.6 Å². The predicted octanol–water partition coefficient (Wildman–Crippen LogP) is 3.11. The van der Waals surface area contributed by atoms with Crippen LogP contribution in [0.1, 0.15) is 24.1 Å². The topological polar surface area (TPSA) is 26.0 Å². The number of hydrogen-bond acceptors (Lipinski definition) is 2. The number of thioether (sulfide) groups is 1. The van der Waals surface area contributed by atoms with E-state index in [9.17, 15) is 4.39 Å². The molecule has 2 rings (SSSR count). The Morgan fingerprint density at radius 2 is 2.29 bits per heavy atom. The Kier molecular flexibility index (Phi) is 2.73. The molecule has 0 amide bonds. The third-order valence-corrected chi connectivity index (χ3v) is 4.20. The molecule has 76 valence electrons. The van der Waals surface area contributed by atoms with Gasteiger partial charge < -0.3 is 5.73 Å². The summed E-state index contributed by atoms with van der Waals surface area (Å²) in [7, 11) is 0. The fourth-order valence-electron chi connectivity index (χ4n) is 1.67. The first-order valence-corrected chi connectivity index (χ1v) is 5.88. The van der Waals surface area contributed by atoms with Crippen molar-refractivity contribution in [2.24, 2.45) is 5.73 Å². The van der Waals surface area contributed by atoms with Gasteiger partial charge in [0.1, 0.15) is 5.82 Å². The van der Waals surface area contributed by atoms with Gasteiger partial charge in [-0.3, -0.25) is 0 Å². The van der Waals surface area contributed by atoms with Crippen LogP contribution in [0.2, 0.25) is 5.02 Å². The lowest BCUT2D eigenvalue weighted by Crippen LogP contribution is -2.27. The Labute approximate surface area is 91.8 Å². The lowest BCUT2D eigenvalue weighted by Gasteiger charge is -2.28. The number of fused-ring (bicyclic) bond motifs is 1. The fraction of sp³-hybridized carbons (Fsp3) is 0.400.